The predicted octanol–water partition coefficient (Wildman–Crippen LogP) is 1.58. The number of hydrogen-bond donors (Lipinski definition) is 2. The van der Waals surface area contributed by atoms with Gasteiger partial charge in [-0.15, -0.1) is 0 Å². The summed E-state index contributed by atoms with van der Waals surface area (Å²) in [6.45, 7) is 2.00. The van der Waals surface area contributed by atoms with Gasteiger partial charge >= 0.3 is 12.0 Å². The van der Waals surface area contributed by atoms with Crippen LogP contribution in [0.25, 0.3) is 0 Å². The molecule has 0 aromatic carbocycles. The van der Waals surface area contributed by atoms with Gasteiger partial charge in [0.15, 0.2) is 6.61 Å². The van der Waals surface area contributed by atoms with E-state index < -0.39 is 12.0 Å². The van der Waals surface area contributed by atoms with Crippen LogP contribution >= 0.6 is 0 Å². The zero-order chi connectivity index (χ0) is 20.6. The van der Waals surface area contributed by atoms with Crippen LogP contribution in [0.4, 0.5) is 4.79 Å². The van der Waals surface area contributed by atoms with E-state index in [1.807, 2.05) is 0 Å². The fourth-order valence-corrected chi connectivity index (χ4v) is 6.43. The number of carbonyl (C=O) groups is 4. The van der Waals surface area contributed by atoms with Gasteiger partial charge in [0.2, 0.25) is 5.91 Å². The molecule has 0 unspecified atom stereocenters. The van der Waals surface area contributed by atoms with Gasteiger partial charge in [-0.2, -0.15) is 0 Å². The highest BCUT2D eigenvalue weighted by molar-refractivity contribution is 6.01. The number of imide groups is 1. The summed E-state index contributed by atoms with van der Waals surface area (Å²) >= 11 is 0. The second-order valence-corrected chi connectivity index (χ2v) is 9.54. The summed E-state index contributed by atoms with van der Waals surface area (Å²) < 4.78 is 5.09. The summed E-state index contributed by atoms with van der Waals surface area (Å²) in [5, 5.41) is 5.51. The number of esters is 1. The Morgan fingerprint density at radius 1 is 1.17 bits per heavy atom. The summed E-state index contributed by atoms with van der Waals surface area (Å²) in [4.78, 5) is 48.2. The average Bonchev–Trinajstić information content (AvgIpc) is 2.97. The van der Waals surface area contributed by atoms with Crippen molar-refractivity contribution in [3.63, 3.8) is 0 Å². The summed E-state index contributed by atoms with van der Waals surface area (Å²) in [6, 6.07) is -0.330. The molecule has 1 saturated heterocycles. The number of nitrogens with one attached hydrogen (secondary N) is 2. The van der Waals surface area contributed by atoms with Crippen molar-refractivity contribution in [1.82, 2.24) is 15.5 Å². The maximum absolute atomic E-state index is 12.3. The van der Waals surface area contributed by atoms with Crippen molar-refractivity contribution >= 4 is 23.8 Å². The van der Waals surface area contributed by atoms with E-state index in [9.17, 15) is 19.2 Å². The van der Waals surface area contributed by atoms with Crippen molar-refractivity contribution in [2.45, 2.75) is 64.3 Å². The van der Waals surface area contributed by atoms with Crippen molar-refractivity contribution < 1.29 is 23.9 Å². The van der Waals surface area contributed by atoms with Gasteiger partial charge < -0.3 is 15.4 Å². The molecule has 0 radical (unpaired) electrons. The Balaban J connectivity index is 1.17. The summed E-state index contributed by atoms with van der Waals surface area (Å²) in [6.07, 6.45) is 8.11. The lowest BCUT2D eigenvalue weighted by Crippen LogP contribution is -2.56. The fourth-order valence-electron chi connectivity index (χ4n) is 6.43. The maximum Gasteiger partial charge on any atom is 0.324 e. The second kappa shape index (κ2) is 7.95. The summed E-state index contributed by atoms with van der Waals surface area (Å²) in [7, 11) is 0. The topological polar surface area (TPSA) is 105 Å². The SMILES string of the molecule is C[C@@H](NC(=O)COC(=O)CCCN1C(=O)CNC1=O)C12CC3CC(CC(C3)C1)C2. The lowest BCUT2D eigenvalue weighted by atomic mass is 9.48. The monoisotopic (exact) mass is 405 g/mol. The summed E-state index contributed by atoms with van der Waals surface area (Å²) in [5.74, 6) is 1.43. The number of hydrogen-bond acceptors (Lipinski definition) is 5. The first-order chi connectivity index (χ1) is 13.8. The Bertz CT molecular complexity index is 655. The third-order valence-electron chi connectivity index (χ3n) is 7.45. The Morgan fingerprint density at radius 3 is 2.34 bits per heavy atom. The standard InChI is InChI=1S/C21H31N3O5/c1-13(21-8-14-5-15(9-21)7-16(6-14)10-21)23-17(25)12-29-19(27)3-2-4-24-18(26)11-22-20(24)28/h13-16H,2-12H2,1H3,(H,22,28)(H,23,25)/t13-,14?,15?,16?,21?/m1/s1. The van der Waals surface area contributed by atoms with E-state index in [-0.39, 0.29) is 49.4 Å². The summed E-state index contributed by atoms with van der Waals surface area (Å²) in [5.41, 5.74) is 0.220. The van der Waals surface area contributed by atoms with E-state index in [1.165, 1.54) is 38.5 Å². The molecule has 1 aliphatic heterocycles. The van der Waals surface area contributed by atoms with Crippen LogP contribution in [0.3, 0.4) is 0 Å². The van der Waals surface area contributed by atoms with Crippen LogP contribution in [0.5, 0.6) is 0 Å². The molecule has 8 nitrogen and oxygen atoms in total. The number of rotatable bonds is 8. The molecule has 1 atom stereocenters. The van der Waals surface area contributed by atoms with Crippen LogP contribution in [0.1, 0.15) is 58.3 Å². The smallest absolute Gasteiger partial charge is 0.324 e. The minimum atomic E-state index is -0.491. The van der Waals surface area contributed by atoms with E-state index in [1.54, 1.807) is 0 Å². The van der Waals surface area contributed by atoms with E-state index in [0.29, 0.717) is 6.42 Å². The van der Waals surface area contributed by atoms with E-state index in [2.05, 4.69) is 17.6 Å². The van der Waals surface area contributed by atoms with E-state index in [0.717, 1.165) is 22.7 Å². The van der Waals surface area contributed by atoms with Crippen LogP contribution in [0, 0.1) is 23.2 Å². The zero-order valence-corrected chi connectivity index (χ0v) is 17.1. The normalized spacial score (nSPS) is 33.6. The number of carbonyl (C=O) groups excluding carboxylic acids is 4. The van der Waals surface area contributed by atoms with Gasteiger partial charge in [-0.3, -0.25) is 19.3 Å². The van der Waals surface area contributed by atoms with E-state index in [4.69, 9.17) is 4.74 Å². The van der Waals surface area contributed by atoms with Crippen LogP contribution in [0.2, 0.25) is 0 Å². The molecule has 1 heterocycles. The van der Waals surface area contributed by atoms with E-state index >= 15 is 0 Å². The first-order valence-corrected chi connectivity index (χ1v) is 10.9. The third kappa shape index (κ3) is 4.26. The van der Waals surface area contributed by atoms with Gasteiger partial charge in [0.25, 0.3) is 5.91 Å². The van der Waals surface area contributed by atoms with Crippen molar-refractivity contribution in [2.24, 2.45) is 23.2 Å². The highest BCUT2D eigenvalue weighted by Gasteiger charge is 2.53. The third-order valence-corrected chi connectivity index (χ3v) is 7.45. The lowest BCUT2D eigenvalue weighted by Gasteiger charge is -2.59. The van der Waals surface area contributed by atoms with Crippen molar-refractivity contribution in [2.75, 3.05) is 19.7 Å². The van der Waals surface area contributed by atoms with Gasteiger partial charge in [0.1, 0.15) is 0 Å². The quantitative estimate of drug-likeness (QED) is 0.471. The molecule has 4 aliphatic carbocycles. The molecule has 2 N–H and O–H groups in total. The van der Waals surface area contributed by atoms with Gasteiger partial charge in [0, 0.05) is 19.0 Å². The fraction of sp³-hybridized carbons (Fsp3) is 0.810. The van der Waals surface area contributed by atoms with Gasteiger partial charge in [-0.25, -0.2) is 4.79 Å². The van der Waals surface area contributed by atoms with Crippen LogP contribution in [0.15, 0.2) is 0 Å². The molecule has 160 valence electrons. The molecule has 5 rings (SSSR count). The maximum atomic E-state index is 12.3. The van der Waals surface area contributed by atoms with Gasteiger partial charge in [0.05, 0.1) is 6.54 Å². The van der Waals surface area contributed by atoms with Crippen molar-refractivity contribution in [3.8, 4) is 0 Å². The molecule has 4 amide bonds. The van der Waals surface area contributed by atoms with Crippen LogP contribution in [-0.4, -0.2) is 54.5 Å². The highest BCUT2D eigenvalue weighted by Crippen LogP contribution is 2.61. The molecule has 0 spiro atoms. The average molecular weight is 405 g/mol. The number of amides is 4. The van der Waals surface area contributed by atoms with Gasteiger partial charge in [-0.05, 0) is 75.0 Å². The first kappa shape index (κ1) is 20.2. The lowest BCUT2D eigenvalue weighted by molar-refractivity contribution is -0.149. The molecule has 5 aliphatic rings. The highest BCUT2D eigenvalue weighted by atomic mass is 16.5. The minimum absolute atomic E-state index is 0.00532. The predicted molar refractivity (Wildman–Crippen MR) is 104 cm³/mol. The first-order valence-electron chi connectivity index (χ1n) is 10.9. The molecule has 29 heavy (non-hydrogen) atoms. The van der Waals surface area contributed by atoms with Gasteiger partial charge in [-0.1, -0.05) is 0 Å². The Morgan fingerprint density at radius 2 is 1.79 bits per heavy atom. The van der Waals surface area contributed by atoms with Crippen molar-refractivity contribution in [1.29, 1.82) is 0 Å². The number of nitrogens with zero attached hydrogens (tertiary/aromatic N) is 1. The largest absolute Gasteiger partial charge is 0.456 e. The van der Waals surface area contributed by atoms with Crippen molar-refractivity contribution in [3.05, 3.63) is 0 Å². The molecule has 4 saturated carbocycles. The zero-order valence-electron chi connectivity index (χ0n) is 17.1. The Hall–Kier alpha value is -2.12. The molecule has 5 fully saturated rings. The second-order valence-electron chi connectivity index (χ2n) is 9.54. The Kier molecular flexibility index (Phi) is 5.53. The molecular formula is C21H31N3O5. The Labute approximate surface area is 171 Å². The number of ether oxygens (including phenoxy) is 1. The number of urea groups is 1. The molecule has 8 heteroatoms. The molecular weight excluding hydrogens is 374 g/mol. The molecule has 0 aromatic rings. The minimum Gasteiger partial charge on any atom is -0.456 e. The van der Waals surface area contributed by atoms with Crippen LogP contribution in [-0.2, 0) is 19.1 Å². The molecule has 4 bridgehead atoms. The molecule has 0 aromatic heterocycles. The van der Waals surface area contributed by atoms with Crippen LogP contribution < -0.4 is 10.6 Å².